The fourth-order valence-corrected chi connectivity index (χ4v) is 3.92. The molecule has 1 unspecified atom stereocenters. The summed E-state index contributed by atoms with van der Waals surface area (Å²) in [4.78, 5) is 13.2. The normalized spacial score (nSPS) is 16.9. The van der Waals surface area contributed by atoms with Gasteiger partial charge in [0.15, 0.2) is 11.6 Å². The summed E-state index contributed by atoms with van der Waals surface area (Å²) in [5, 5.41) is 2.50. The van der Waals surface area contributed by atoms with Gasteiger partial charge in [0.2, 0.25) is 0 Å². The second-order valence-corrected chi connectivity index (χ2v) is 9.09. The molecule has 1 atom stereocenters. The van der Waals surface area contributed by atoms with Crippen molar-refractivity contribution in [1.82, 2.24) is 0 Å². The third kappa shape index (κ3) is 5.85. The standard InChI is InChI=1S/C27H22F5NO4/c1-14-8-16(28)4-7-23(14)37-24-11-19(15-2-3-15)21(27(30,31)32)10-20(24)26(34)33-17-5-6-22(29)25(9-17)36-13-18-12-35-18/h4-11,15,18H,2-3,12-13H2,1H3,(H,33,34). The van der Waals surface area contributed by atoms with E-state index in [1.165, 1.54) is 30.3 Å². The van der Waals surface area contributed by atoms with Crippen molar-refractivity contribution in [2.24, 2.45) is 0 Å². The first-order valence-corrected chi connectivity index (χ1v) is 11.6. The molecule has 1 saturated heterocycles. The van der Waals surface area contributed by atoms with Gasteiger partial charge in [-0.05, 0) is 79.3 Å². The predicted octanol–water partition coefficient (Wildman–Crippen LogP) is 6.99. The van der Waals surface area contributed by atoms with E-state index in [0.717, 1.165) is 18.2 Å². The quantitative estimate of drug-likeness (QED) is 0.257. The van der Waals surface area contributed by atoms with E-state index in [1.54, 1.807) is 6.92 Å². The van der Waals surface area contributed by atoms with Crippen molar-refractivity contribution < 1.29 is 41.0 Å². The second kappa shape index (κ2) is 9.66. The van der Waals surface area contributed by atoms with E-state index in [1.807, 2.05) is 0 Å². The second-order valence-electron chi connectivity index (χ2n) is 9.09. The predicted molar refractivity (Wildman–Crippen MR) is 124 cm³/mol. The maximum atomic E-state index is 14.1. The van der Waals surface area contributed by atoms with Crippen LogP contribution in [0, 0.1) is 18.6 Å². The molecular weight excluding hydrogens is 497 g/mol. The number of rotatable bonds is 8. The Morgan fingerprint density at radius 1 is 1.03 bits per heavy atom. The van der Waals surface area contributed by atoms with Crippen molar-refractivity contribution in [3.05, 3.63) is 82.4 Å². The summed E-state index contributed by atoms with van der Waals surface area (Å²) in [6, 6.07) is 9.29. The van der Waals surface area contributed by atoms with Crippen molar-refractivity contribution in [2.75, 3.05) is 18.5 Å². The molecule has 5 rings (SSSR count). The van der Waals surface area contributed by atoms with Crippen molar-refractivity contribution in [1.29, 1.82) is 0 Å². The summed E-state index contributed by atoms with van der Waals surface area (Å²) in [5.74, 6) is -2.41. The topological polar surface area (TPSA) is 60.1 Å². The lowest BCUT2D eigenvalue weighted by Gasteiger charge is -2.19. The Labute approximate surface area is 209 Å². The molecule has 5 nitrogen and oxygen atoms in total. The number of epoxide rings is 1. The number of hydrogen-bond acceptors (Lipinski definition) is 4. The lowest BCUT2D eigenvalue weighted by molar-refractivity contribution is -0.138. The molecule has 1 N–H and O–H groups in total. The lowest BCUT2D eigenvalue weighted by atomic mass is 9.98. The smallest absolute Gasteiger partial charge is 0.416 e. The summed E-state index contributed by atoms with van der Waals surface area (Å²) in [6.07, 6.45) is -3.64. The summed E-state index contributed by atoms with van der Waals surface area (Å²) in [6.45, 7) is 2.21. The molecule has 3 aromatic rings. The van der Waals surface area contributed by atoms with Gasteiger partial charge in [-0.3, -0.25) is 4.79 Å². The molecule has 0 spiro atoms. The van der Waals surface area contributed by atoms with E-state index < -0.39 is 29.3 Å². The number of nitrogens with one attached hydrogen (secondary N) is 1. The van der Waals surface area contributed by atoms with Gasteiger partial charge in [0.05, 0.1) is 17.7 Å². The van der Waals surface area contributed by atoms with Gasteiger partial charge in [-0.15, -0.1) is 0 Å². The number of hydrogen-bond donors (Lipinski definition) is 1. The summed E-state index contributed by atoms with van der Waals surface area (Å²) < 4.78 is 85.8. The SMILES string of the molecule is Cc1cc(F)ccc1Oc1cc(C2CC2)c(C(F)(F)F)cc1C(=O)Nc1ccc(F)c(OCC2CO2)c1. The molecule has 10 heteroatoms. The Morgan fingerprint density at radius 3 is 2.43 bits per heavy atom. The summed E-state index contributed by atoms with van der Waals surface area (Å²) >= 11 is 0. The Bertz CT molecular complexity index is 1350. The van der Waals surface area contributed by atoms with Gasteiger partial charge in [0.25, 0.3) is 5.91 Å². The highest BCUT2D eigenvalue weighted by molar-refractivity contribution is 6.06. The molecule has 2 aliphatic rings. The van der Waals surface area contributed by atoms with Gasteiger partial charge in [-0.2, -0.15) is 13.2 Å². The van der Waals surface area contributed by atoms with Crippen LogP contribution in [0.3, 0.4) is 0 Å². The molecule has 0 aromatic heterocycles. The number of carbonyl (C=O) groups excluding carboxylic acids is 1. The molecule has 1 saturated carbocycles. The van der Waals surface area contributed by atoms with Crippen LogP contribution in [0.5, 0.6) is 17.2 Å². The number of aryl methyl sites for hydroxylation is 1. The maximum absolute atomic E-state index is 14.1. The molecule has 1 aliphatic heterocycles. The zero-order valence-corrected chi connectivity index (χ0v) is 19.6. The number of halogens is 5. The Morgan fingerprint density at radius 2 is 1.78 bits per heavy atom. The number of benzene rings is 3. The van der Waals surface area contributed by atoms with E-state index in [2.05, 4.69) is 5.32 Å². The molecule has 1 amide bonds. The van der Waals surface area contributed by atoms with E-state index in [9.17, 15) is 26.7 Å². The average molecular weight is 519 g/mol. The zero-order valence-electron chi connectivity index (χ0n) is 19.6. The molecule has 1 heterocycles. The van der Waals surface area contributed by atoms with E-state index in [0.29, 0.717) is 25.0 Å². The number of alkyl halides is 3. The third-order valence-electron chi connectivity index (χ3n) is 6.09. The van der Waals surface area contributed by atoms with E-state index in [-0.39, 0.29) is 52.7 Å². The highest BCUT2D eigenvalue weighted by Crippen LogP contribution is 2.48. The first-order valence-electron chi connectivity index (χ1n) is 11.6. The fourth-order valence-electron chi connectivity index (χ4n) is 3.92. The zero-order chi connectivity index (χ0) is 26.3. The van der Waals surface area contributed by atoms with Crippen molar-refractivity contribution >= 4 is 11.6 Å². The number of anilines is 1. The van der Waals surface area contributed by atoms with Crippen LogP contribution < -0.4 is 14.8 Å². The maximum Gasteiger partial charge on any atom is 0.416 e. The Hall–Kier alpha value is -3.66. The molecular formula is C27H22F5NO4. The van der Waals surface area contributed by atoms with E-state index in [4.69, 9.17) is 14.2 Å². The molecule has 2 fully saturated rings. The highest BCUT2D eigenvalue weighted by Gasteiger charge is 2.40. The molecule has 37 heavy (non-hydrogen) atoms. The minimum Gasteiger partial charge on any atom is -0.488 e. The molecule has 3 aromatic carbocycles. The molecule has 194 valence electrons. The van der Waals surface area contributed by atoms with Crippen LogP contribution in [0.2, 0.25) is 0 Å². The Balaban J connectivity index is 1.50. The van der Waals surface area contributed by atoms with Crippen molar-refractivity contribution in [2.45, 2.75) is 38.0 Å². The molecule has 0 bridgehead atoms. The van der Waals surface area contributed by atoms with E-state index >= 15 is 0 Å². The van der Waals surface area contributed by atoms with Crippen molar-refractivity contribution in [3.8, 4) is 17.2 Å². The highest BCUT2D eigenvalue weighted by atomic mass is 19.4. The van der Waals surface area contributed by atoms with Crippen LogP contribution in [0.4, 0.5) is 27.6 Å². The van der Waals surface area contributed by atoms with Gasteiger partial charge in [-0.25, -0.2) is 8.78 Å². The van der Waals surface area contributed by atoms with Crippen LogP contribution in [0.15, 0.2) is 48.5 Å². The van der Waals surface area contributed by atoms with Gasteiger partial charge >= 0.3 is 6.18 Å². The first-order chi connectivity index (χ1) is 17.6. The van der Waals surface area contributed by atoms with Crippen molar-refractivity contribution in [3.63, 3.8) is 0 Å². The van der Waals surface area contributed by atoms with Crippen LogP contribution >= 0.6 is 0 Å². The molecule has 1 aliphatic carbocycles. The van der Waals surface area contributed by atoms with Crippen LogP contribution in [0.1, 0.15) is 45.8 Å². The van der Waals surface area contributed by atoms with Gasteiger partial charge in [0, 0.05) is 11.8 Å². The van der Waals surface area contributed by atoms with Gasteiger partial charge < -0.3 is 19.5 Å². The van der Waals surface area contributed by atoms with Crippen LogP contribution in [-0.4, -0.2) is 25.2 Å². The van der Waals surface area contributed by atoms with Crippen LogP contribution in [0.25, 0.3) is 0 Å². The fraction of sp³-hybridized carbons (Fsp3) is 0.296. The van der Waals surface area contributed by atoms with Gasteiger partial charge in [0.1, 0.15) is 30.0 Å². The average Bonchev–Trinajstić information content (AvgIpc) is 3.74. The first kappa shape index (κ1) is 25.0. The number of carbonyl (C=O) groups is 1. The largest absolute Gasteiger partial charge is 0.488 e. The lowest BCUT2D eigenvalue weighted by Crippen LogP contribution is -2.17. The number of ether oxygens (including phenoxy) is 3. The summed E-state index contributed by atoms with van der Waals surface area (Å²) in [7, 11) is 0. The summed E-state index contributed by atoms with van der Waals surface area (Å²) in [5.41, 5.74) is -0.742. The third-order valence-corrected chi connectivity index (χ3v) is 6.09. The monoisotopic (exact) mass is 519 g/mol. The Kier molecular flexibility index (Phi) is 6.53. The van der Waals surface area contributed by atoms with Gasteiger partial charge in [-0.1, -0.05) is 0 Å². The molecule has 0 radical (unpaired) electrons. The van der Waals surface area contributed by atoms with Crippen LogP contribution in [-0.2, 0) is 10.9 Å². The number of amides is 1. The minimum atomic E-state index is -4.70. The minimum absolute atomic E-state index is 0.0404.